The maximum Gasteiger partial charge on any atom is 0.343 e. The minimum absolute atomic E-state index is 0.0675. The molecule has 0 spiro atoms. The molecule has 0 aromatic heterocycles. The van der Waals surface area contributed by atoms with Crippen LogP contribution in [0.25, 0.3) is 0 Å². The number of carbonyl (C=O) groups excluding carboxylic acids is 1. The molecule has 1 N–H and O–H groups in total. The van der Waals surface area contributed by atoms with Crippen molar-refractivity contribution in [1.82, 2.24) is 4.31 Å². The van der Waals surface area contributed by atoms with Crippen molar-refractivity contribution >= 4 is 37.5 Å². The molecule has 170 valence electrons. The Kier molecular flexibility index (Phi) is 5.78. The number of carbonyl (C=O) groups is 1. The van der Waals surface area contributed by atoms with Crippen molar-refractivity contribution in [1.29, 1.82) is 0 Å². The topological polar surface area (TPSA) is 122 Å². The Morgan fingerprint density at radius 1 is 0.939 bits per heavy atom. The molecule has 0 fully saturated rings. The van der Waals surface area contributed by atoms with E-state index in [9.17, 15) is 21.6 Å². The molecule has 33 heavy (non-hydrogen) atoms. The number of ether oxygens (including phenoxy) is 1. The minimum atomic E-state index is -3.73. The number of rotatable bonds is 5. The second-order valence-corrected chi connectivity index (χ2v) is 11.0. The molecule has 0 bridgehead atoms. The van der Waals surface area contributed by atoms with E-state index in [1.807, 2.05) is 0 Å². The van der Waals surface area contributed by atoms with Crippen LogP contribution in [0.5, 0.6) is 5.75 Å². The lowest BCUT2D eigenvalue weighted by Crippen LogP contribution is -2.22. The Balaban J connectivity index is 1.45. The van der Waals surface area contributed by atoms with E-state index in [1.165, 1.54) is 44.4 Å². The van der Waals surface area contributed by atoms with Crippen molar-refractivity contribution in [3.63, 3.8) is 0 Å². The Labute approximate surface area is 191 Å². The van der Waals surface area contributed by atoms with E-state index in [-0.39, 0.29) is 26.9 Å². The molecule has 0 atom stereocenters. The Hall–Kier alpha value is -3.54. The number of fused-ring (bicyclic) bond motifs is 1. The fourth-order valence-corrected chi connectivity index (χ4v) is 5.16. The molecule has 3 aromatic carbocycles. The highest BCUT2D eigenvalue weighted by Gasteiger charge is 2.28. The molecule has 0 amide bonds. The monoisotopic (exact) mass is 485 g/mol. The third kappa shape index (κ3) is 4.51. The average Bonchev–Trinajstić information content (AvgIpc) is 3.05. The van der Waals surface area contributed by atoms with Gasteiger partial charge in [-0.05, 0) is 60.7 Å². The Morgan fingerprint density at radius 3 is 2.21 bits per heavy atom. The van der Waals surface area contributed by atoms with Crippen molar-refractivity contribution in [2.45, 2.75) is 9.79 Å². The van der Waals surface area contributed by atoms with Crippen LogP contribution in [0, 0.1) is 0 Å². The van der Waals surface area contributed by atoms with Crippen LogP contribution in [0.2, 0.25) is 0 Å². The molecule has 0 aliphatic carbocycles. The van der Waals surface area contributed by atoms with Crippen LogP contribution in [0.3, 0.4) is 0 Å². The zero-order chi connectivity index (χ0) is 23.8. The molecular formula is C22H19N3O6S2. The second-order valence-electron chi connectivity index (χ2n) is 7.26. The predicted octanol–water partition coefficient (Wildman–Crippen LogP) is 2.72. The van der Waals surface area contributed by atoms with E-state index in [2.05, 4.69) is 9.71 Å². The van der Waals surface area contributed by atoms with Crippen LogP contribution in [0.1, 0.15) is 15.9 Å². The molecule has 1 aliphatic heterocycles. The first kappa shape index (κ1) is 22.6. The van der Waals surface area contributed by atoms with E-state index in [1.54, 1.807) is 42.5 Å². The van der Waals surface area contributed by atoms with Crippen LogP contribution in [-0.4, -0.2) is 47.0 Å². The molecule has 0 saturated carbocycles. The summed E-state index contributed by atoms with van der Waals surface area (Å²) in [7, 11) is -4.48. The molecule has 0 unspecified atom stereocenters. The van der Waals surface area contributed by atoms with Crippen LogP contribution in [0.4, 0.5) is 5.69 Å². The number of sulfonamides is 2. The lowest BCUT2D eigenvalue weighted by atomic mass is 10.2. The highest BCUT2D eigenvalue weighted by molar-refractivity contribution is 7.90. The molecule has 1 heterocycles. The van der Waals surface area contributed by atoms with Gasteiger partial charge in [-0.25, -0.2) is 17.5 Å². The number of hydrogen-bond donors (Lipinski definition) is 1. The fourth-order valence-electron chi connectivity index (χ4n) is 3.08. The van der Waals surface area contributed by atoms with Gasteiger partial charge >= 0.3 is 5.97 Å². The van der Waals surface area contributed by atoms with Crippen LogP contribution in [0.15, 0.2) is 87.0 Å². The number of hydrogen-bond acceptors (Lipinski definition) is 7. The van der Waals surface area contributed by atoms with E-state index >= 15 is 0 Å². The molecule has 11 heteroatoms. The molecule has 0 radical (unpaired) electrons. The first-order valence-corrected chi connectivity index (χ1v) is 12.5. The number of nitrogens with one attached hydrogen (secondary N) is 1. The van der Waals surface area contributed by atoms with Crippen molar-refractivity contribution in [2.24, 2.45) is 4.40 Å². The summed E-state index contributed by atoms with van der Waals surface area (Å²) in [6.45, 7) is 0. The minimum Gasteiger partial charge on any atom is -0.423 e. The normalized spacial score (nSPS) is 14.5. The van der Waals surface area contributed by atoms with Gasteiger partial charge in [0, 0.05) is 25.3 Å². The highest BCUT2D eigenvalue weighted by atomic mass is 32.2. The first-order valence-electron chi connectivity index (χ1n) is 9.64. The van der Waals surface area contributed by atoms with Gasteiger partial charge in [-0.3, -0.25) is 0 Å². The van der Waals surface area contributed by atoms with E-state index in [4.69, 9.17) is 4.74 Å². The van der Waals surface area contributed by atoms with Gasteiger partial charge in [-0.1, -0.05) is 12.1 Å². The summed E-state index contributed by atoms with van der Waals surface area (Å²) in [6.07, 6.45) is 0. The van der Waals surface area contributed by atoms with Crippen LogP contribution >= 0.6 is 0 Å². The summed E-state index contributed by atoms with van der Waals surface area (Å²) in [6, 6.07) is 18.3. The lowest BCUT2D eigenvalue weighted by molar-refractivity contribution is 0.0734. The molecular weight excluding hydrogens is 466 g/mol. The summed E-state index contributed by atoms with van der Waals surface area (Å²) < 4.78 is 58.8. The smallest absolute Gasteiger partial charge is 0.343 e. The number of amidine groups is 1. The largest absolute Gasteiger partial charge is 0.423 e. The molecule has 4 rings (SSSR count). The predicted molar refractivity (Wildman–Crippen MR) is 123 cm³/mol. The van der Waals surface area contributed by atoms with Crippen molar-refractivity contribution < 1.29 is 26.4 Å². The zero-order valence-electron chi connectivity index (χ0n) is 17.6. The maximum absolute atomic E-state index is 12.4. The second kappa shape index (κ2) is 8.43. The fraction of sp³-hybridized carbons (Fsp3) is 0.0909. The van der Waals surface area contributed by atoms with Crippen LogP contribution in [-0.2, 0) is 20.0 Å². The van der Waals surface area contributed by atoms with E-state index in [0.717, 1.165) is 4.31 Å². The number of nitrogens with zero attached hydrogens (tertiary/aromatic N) is 2. The summed E-state index contributed by atoms with van der Waals surface area (Å²) >= 11 is 0. The van der Waals surface area contributed by atoms with Gasteiger partial charge in [-0.2, -0.15) is 8.42 Å². The van der Waals surface area contributed by atoms with Gasteiger partial charge in [-0.15, -0.1) is 4.40 Å². The molecule has 1 aliphatic rings. The highest BCUT2D eigenvalue weighted by Crippen LogP contribution is 2.27. The third-order valence-electron chi connectivity index (χ3n) is 4.83. The van der Waals surface area contributed by atoms with Gasteiger partial charge in [0.15, 0.2) is 5.84 Å². The molecule has 3 aromatic rings. The summed E-state index contributed by atoms with van der Waals surface area (Å²) in [4.78, 5) is 12.6. The Bertz CT molecular complexity index is 1460. The standard InChI is InChI=1S/C22H19N3O6S2/c1-25(2)33(29,30)18-13-7-15(8-14-18)22(26)31-17-11-9-16(10-12-17)23-21-19-5-3-4-6-20(19)32(27,28)24-21/h3-14H,1-2H3,(H,23,24). The average molecular weight is 486 g/mol. The van der Waals surface area contributed by atoms with Gasteiger partial charge in [0.05, 0.1) is 10.5 Å². The lowest BCUT2D eigenvalue weighted by Gasteiger charge is -2.11. The Morgan fingerprint density at radius 2 is 1.58 bits per heavy atom. The molecule has 9 nitrogen and oxygen atoms in total. The number of benzene rings is 3. The SMILES string of the molecule is CN(C)S(=O)(=O)c1ccc(C(=O)Oc2ccc(NC3=NS(=O)(=O)c4ccccc43)cc2)cc1. The van der Waals surface area contributed by atoms with Gasteiger partial charge < -0.3 is 10.1 Å². The van der Waals surface area contributed by atoms with Gasteiger partial charge in [0.25, 0.3) is 10.0 Å². The van der Waals surface area contributed by atoms with Crippen molar-refractivity contribution in [3.05, 3.63) is 83.9 Å². The quantitative estimate of drug-likeness (QED) is 0.435. The van der Waals surface area contributed by atoms with Crippen molar-refractivity contribution in [2.75, 3.05) is 19.4 Å². The maximum atomic E-state index is 12.4. The van der Waals surface area contributed by atoms with Gasteiger partial charge in [0.1, 0.15) is 10.6 Å². The third-order valence-corrected chi connectivity index (χ3v) is 7.99. The van der Waals surface area contributed by atoms with Gasteiger partial charge in [0.2, 0.25) is 10.0 Å². The number of esters is 1. The summed E-state index contributed by atoms with van der Waals surface area (Å²) in [5.41, 5.74) is 1.23. The van der Waals surface area contributed by atoms with E-state index in [0.29, 0.717) is 11.3 Å². The summed E-state index contributed by atoms with van der Waals surface area (Å²) in [5.74, 6) is -0.176. The zero-order valence-corrected chi connectivity index (χ0v) is 19.2. The first-order chi connectivity index (χ1) is 15.6. The summed E-state index contributed by atoms with van der Waals surface area (Å²) in [5, 5.41) is 2.96. The van der Waals surface area contributed by atoms with E-state index < -0.39 is 26.0 Å². The molecule has 0 saturated heterocycles. The number of anilines is 1. The van der Waals surface area contributed by atoms with Crippen LogP contribution < -0.4 is 10.1 Å². The van der Waals surface area contributed by atoms with Crippen molar-refractivity contribution in [3.8, 4) is 5.75 Å².